The van der Waals surface area contributed by atoms with Crippen LogP contribution in [0, 0.1) is 10.1 Å². The molecule has 0 saturated carbocycles. The maximum absolute atomic E-state index is 10.6. The number of hydrogen-bond donors (Lipinski definition) is 0. The molecule has 0 bridgehead atoms. The highest BCUT2D eigenvalue weighted by atomic mass is 16.6. The van der Waals surface area contributed by atoms with Crippen molar-refractivity contribution in [3.63, 3.8) is 0 Å². The van der Waals surface area contributed by atoms with Crippen molar-refractivity contribution in [2.45, 2.75) is 0 Å². The van der Waals surface area contributed by atoms with Crippen LogP contribution >= 0.6 is 0 Å². The van der Waals surface area contributed by atoms with E-state index in [1.54, 1.807) is 18.3 Å². The highest BCUT2D eigenvalue weighted by molar-refractivity contribution is 5.63. The van der Waals surface area contributed by atoms with E-state index >= 15 is 0 Å². The molecular weight excluding hydrogens is 230 g/mol. The fraction of sp³-hybridized carbons (Fsp3) is 0. The van der Waals surface area contributed by atoms with E-state index in [9.17, 15) is 10.1 Å². The number of hydrogen-bond acceptors (Lipinski definition) is 3. The van der Waals surface area contributed by atoms with Gasteiger partial charge in [0.05, 0.1) is 16.6 Å². The van der Waals surface area contributed by atoms with Crippen LogP contribution in [0.15, 0.2) is 54.9 Å². The van der Waals surface area contributed by atoms with Crippen LogP contribution in [0.1, 0.15) is 0 Å². The van der Waals surface area contributed by atoms with Crippen molar-refractivity contribution >= 4 is 11.2 Å². The van der Waals surface area contributed by atoms with Crippen LogP contribution in [0.5, 0.6) is 0 Å². The SMILES string of the molecule is O=[N+]([O-])c1ccc(-c2ncc3ccccn23)cc1. The molecule has 3 rings (SSSR count). The third kappa shape index (κ3) is 1.62. The van der Waals surface area contributed by atoms with Gasteiger partial charge in [-0.05, 0) is 24.3 Å². The normalized spacial score (nSPS) is 10.7. The number of aromatic nitrogens is 2. The molecule has 5 heteroatoms. The minimum atomic E-state index is -0.409. The Morgan fingerprint density at radius 1 is 1.11 bits per heavy atom. The van der Waals surface area contributed by atoms with E-state index in [0.29, 0.717) is 0 Å². The van der Waals surface area contributed by atoms with Crippen LogP contribution in [-0.2, 0) is 0 Å². The molecule has 0 amide bonds. The summed E-state index contributed by atoms with van der Waals surface area (Å²) in [7, 11) is 0. The van der Waals surface area contributed by atoms with Crippen molar-refractivity contribution in [1.29, 1.82) is 0 Å². The Hall–Kier alpha value is -2.69. The second kappa shape index (κ2) is 3.96. The second-order valence-electron chi connectivity index (χ2n) is 3.88. The zero-order chi connectivity index (χ0) is 12.5. The number of nitro benzene ring substituents is 1. The molecule has 3 aromatic rings. The molecule has 0 saturated heterocycles. The molecule has 2 heterocycles. The molecule has 0 fully saturated rings. The van der Waals surface area contributed by atoms with Crippen LogP contribution in [0.4, 0.5) is 5.69 Å². The lowest BCUT2D eigenvalue weighted by molar-refractivity contribution is -0.384. The molecule has 0 radical (unpaired) electrons. The van der Waals surface area contributed by atoms with Crippen molar-refractivity contribution in [2.24, 2.45) is 0 Å². The number of nitro groups is 1. The highest BCUT2D eigenvalue weighted by Gasteiger charge is 2.08. The summed E-state index contributed by atoms with van der Waals surface area (Å²) in [5.41, 5.74) is 1.93. The van der Waals surface area contributed by atoms with E-state index in [4.69, 9.17) is 0 Å². The molecule has 0 aliphatic carbocycles. The largest absolute Gasteiger partial charge is 0.300 e. The summed E-state index contributed by atoms with van der Waals surface area (Å²) in [6.07, 6.45) is 3.69. The second-order valence-corrected chi connectivity index (χ2v) is 3.88. The average Bonchev–Trinajstić information content (AvgIpc) is 2.82. The third-order valence-corrected chi connectivity index (χ3v) is 2.78. The highest BCUT2D eigenvalue weighted by Crippen LogP contribution is 2.22. The fourth-order valence-electron chi connectivity index (χ4n) is 1.89. The first-order valence-corrected chi connectivity index (χ1v) is 5.42. The molecule has 0 aliphatic heterocycles. The third-order valence-electron chi connectivity index (χ3n) is 2.78. The summed E-state index contributed by atoms with van der Waals surface area (Å²) in [6.45, 7) is 0. The monoisotopic (exact) mass is 239 g/mol. The van der Waals surface area contributed by atoms with Gasteiger partial charge in [-0.1, -0.05) is 6.07 Å². The number of benzene rings is 1. The van der Waals surface area contributed by atoms with Crippen LogP contribution in [0.25, 0.3) is 16.9 Å². The molecule has 0 unspecified atom stereocenters. The van der Waals surface area contributed by atoms with E-state index in [1.165, 1.54) is 12.1 Å². The summed E-state index contributed by atoms with van der Waals surface area (Å²) >= 11 is 0. The molecule has 0 atom stereocenters. The topological polar surface area (TPSA) is 60.4 Å². The van der Waals surface area contributed by atoms with Gasteiger partial charge in [0, 0.05) is 23.9 Å². The van der Waals surface area contributed by atoms with E-state index in [2.05, 4.69) is 4.98 Å². The van der Waals surface area contributed by atoms with Gasteiger partial charge in [-0.2, -0.15) is 0 Å². The number of fused-ring (bicyclic) bond motifs is 1. The summed E-state index contributed by atoms with van der Waals surface area (Å²) in [5.74, 6) is 0.778. The lowest BCUT2D eigenvalue weighted by atomic mass is 10.2. The number of non-ortho nitro benzene ring substituents is 1. The van der Waals surface area contributed by atoms with Crippen molar-refractivity contribution in [3.8, 4) is 11.4 Å². The first-order chi connectivity index (χ1) is 8.75. The van der Waals surface area contributed by atoms with Gasteiger partial charge in [0.1, 0.15) is 5.82 Å². The zero-order valence-electron chi connectivity index (χ0n) is 9.35. The number of imidazole rings is 1. The summed E-state index contributed by atoms with van der Waals surface area (Å²) in [4.78, 5) is 14.5. The summed E-state index contributed by atoms with van der Waals surface area (Å²) < 4.78 is 1.95. The number of pyridine rings is 1. The Bertz CT molecular complexity index is 716. The van der Waals surface area contributed by atoms with Crippen molar-refractivity contribution in [3.05, 3.63) is 65.0 Å². The van der Waals surface area contributed by atoms with Gasteiger partial charge >= 0.3 is 0 Å². The molecule has 18 heavy (non-hydrogen) atoms. The van der Waals surface area contributed by atoms with Gasteiger partial charge in [0.2, 0.25) is 0 Å². The van der Waals surface area contributed by atoms with Crippen LogP contribution in [0.2, 0.25) is 0 Å². The van der Waals surface area contributed by atoms with Gasteiger partial charge in [0.15, 0.2) is 0 Å². The Morgan fingerprint density at radius 2 is 1.89 bits per heavy atom. The van der Waals surface area contributed by atoms with Crippen molar-refractivity contribution in [1.82, 2.24) is 9.38 Å². The molecule has 88 valence electrons. The molecular formula is C13H9N3O2. The lowest BCUT2D eigenvalue weighted by Crippen LogP contribution is -1.90. The van der Waals surface area contributed by atoms with Crippen LogP contribution in [0.3, 0.4) is 0 Å². The van der Waals surface area contributed by atoms with E-state index < -0.39 is 4.92 Å². The lowest BCUT2D eigenvalue weighted by Gasteiger charge is -2.00. The smallest absolute Gasteiger partial charge is 0.269 e. The zero-order valence-corrected chi connectivity index (χ0v) is 9.35. The summed E-state index contributed by atoms with van der Waals surface area (Å²) in [5, 5.41) is 10.6. The molecule has 1 aromatic carbocycles. The van der Waals surface area contributed by atoms with Crippen LogP contribution < -0.4 is 0 Å². The molecule has 5 nitrogen and oxygen atoms in total. The first kappa shape index (κ1) is 10.5. The van der Waals surface area contributed by atoms with Crippen molar-refractivity contribution in [2.75, 3.05) is 0 Å². The van der Waals surface area contributed by atoms with E-state index in [0.717, 1.165) is 16.9 Å². The van der Waals surface area contributed by atoms with Gasteiger partial charge in [-0.25, -0.2) is 4.98 Å². The average molecular weight is 239 g/mol. The number of rotatable bonds is 2. The fourth-order valence-corrected chi connectivity index (χ4v) is 1.89. The first-order valence-electron chi connectivity index (χ1n) is 5.42. The Labute approximate surface area is 102 Å². The maximum Gasteiger partial charge on any atom is 0.269 e. The minimum absolute atomic E-state index is 0.0830. The van der Waals surface area contributed by atoms with Crippen molar-refractivity contribution < 1.29 is 4.92 Å². The van der Waals surface area contributed by atoms with Gasteiger partial charge < -0.3 is 0 Å². The molecule has 0 spiro atoms. The Morgan fingerprint density at radius 3 is 2.61 bits per heavy atom. The molecule has 0 N–H and O–H groups in total. The molecule has 2 aromatic heterocycles. The quantitative estimate of drug-likeness (QED) is 0.510. The van der Waals surface area contributed by atoms with E-state index in [-0.39, 0.29) is 5.69 Å². The van der Waals surface area contributed by atoms with E-state index in [1.807, 2.05) is 28.8 Å². The predicted molar refractivity (Wildman–Crippen MR) is 67.3 cm³/mol. The number of nitrogens with zero attached hydrogens (tertiary/aromatic N) is 3. The van der Waals surface area contributed by atoms with Gasteiger partial charge in [-0.15, -0.1) is 0 Å². The minimum Gasteiger partial charge on any atom is -0.300 e. The van der Waals surface area contributed by atoms with Gasteiger partial charge in [0.25, 0.3) is 5.69 Å². The van der Waals surface area contributed by atoms with Gasteiger partial charge in [-0.3, -0.25) is 14.5 Å². The standard InChI is InChI=1S/C13H9N3O2/c17-16(18)11-6-4-10(5-7-11)13-14-9-12-3-1-2-8-15(12)13/h1-9H. The maximum atomic E-state index is 10.6. The Balaban J connectivity index is 2.12. The predicted octanol–water partition coefficient (Wildman–Crippen LogP) is 2.91. The Kier molecular flexibility index (Phi) is 2.30. The summed E-state index contributed by atoms with van der Waals surface area (Å²) in [6, 6.07) is 12.2. The van der Waals surface area contributed by atoms with Crippen LogP contribution in [-0.4, -0.2) is 14.3 Å². The molecule has 0 aliphatic rings.